The first-order valence-corrected chi connectivity index (χ1v) is 6.26. The van der Waals surface area contributed by atoms with Crippen LogP contribution in [-0.4, -0.2) is 4.57 Å². The number of para-hydroxylation sites is 1. The van der Waals surface area contributed by atoms with Gasteiger partial charge in [-0.1, -0.05) is 39.0 Å². The van der Waals surface area contributed by atoms with Crippen LogP contribution in [0.25, 0.3) is 10.9 Å². The molecule has 1 heteroatoms. The molecule has 0 spiro atoms. The molecule has 0 saturated carbocycles. The average Bonchev–Trinajstić information content (AvgIpc) is 2.62. The first-order valence-electron chi connectivity index (χ1n) is 6.26. The summed E-state index contributed by atoms with van der Waals surface area (Å²) in [7, 11) is 2.19. The third-order valence-electron chi connectivity index (χ3n) is 3.71. The third-order valence-corrected chi connectivity index (χ3v) is 3.71. The summed E-state index contributed by atoms with van der Waals surface area (Å²) >= 11 is 0. The molecule has 1 unspecified atom stereocenters. The van der Waals surface area contributed by atoms with Gasteiger partial charge in [0.1, 0.15) is 0 Å². The predicted octanol–water partition coefficient (Wildman–Crippen LogP) is 4.25. The second-order valence-electron chi connectivity index (χ2n) is 4.60. The molecule has 1 aromatic heterocycles. The second kappa shape index (κ2) is 4.32. The highest BCUT2D eigenvalue weighted by molar-refractivity contribution is 5.86. The Labute approximate surface area is 98.1 Å². The van der Waals surface area contributed by atoms with E-state index in [9.17, 15) is 0 Å². The largest absolute Gasteiger partial charge is 0.347 e. The third kappa shape index (κ3) is 1.55. The van der Waals surface area contributed by atoms with E-state index in [1.54, 1.807) is 5.56 Å². The van der Waals surface area contributed by atoms with Crippen molar-refractivity contribution in [1.29, 1.82) is 0 Å². The molecule has 0 fully saturated rings. The van der Waals surface area contributed by atoms with Crippen molar-refractivity contribution >= 4 is 10.9 Å². The lowest BCUT2D eigenvalue weighted by molar-refractivity contribution is 0.715. The Kier molecular flexibility index (Phi) is 3.04. The van der Waals surface area contributed by atoms with Crippen LogP contribution < -0.4 is 0 Å². The normalized spacial score (nSPS) is 13.2. The number of aryl methyl sites for hydroxylation is 1. The number of fused-ring (bicyclic) bond motifs is 1. The topological polar surface area (TPSA) is 4.93 Å². The zero-order valence-corrected chi connectivity index (χ0v) is 10.7. The van der Waals surface area contributed by atoms with Crippen molar-refractivity contribution in [2.75, 3.05) is 0 Å². The van der Waals surface area contributed by atoms with Gasteiger partial charge in [0.2, 0.25) is 0 Å². The van der Waals surface area contributed by atoms with E-state index in [0.29, 0.717) is 5.92 Å². The fourth-order valence-corrected chi connectivity index (χ4v) is 2.66. The van der Waals surface area contributed by atoms with E-state index in [0.717, 1.165) is 6.42 Å². The first-order chi connectivity index (χ1) is 7.70. The molecule has 0 saturated heterocycles. The summed E-state index contributed by atoms with van der Waals surface area (Å²) in [4.78, 5) is 0. The van der Waals surface area contributed by atoms with Crippen LogP contribution in [-0.2, 0) is 13.5 Å². The van der Waals surface area contributed by atoms with Gasteiger partial charge in [-0.2, -0.15) is 0 Å². The lowest BCUT2D eigenvalue weighted by Crippen LogP contribution is -2.00. The zero-order valence-electron chi connectivity index (χ0n) is 10.7. The summed E-state index contributed by atoms with van der Waals surface area (Å²) in [6.45, 7) is 6.85. The second-order valence-corrected chi connectivity index (χ2v) is 4.60. The Morgan fingerprint density at radius 2 is 1.88 bits per heavy atom. The van der Waals surface area contributed by atoms with Crippen LogP contribution in [0.4, 0.5) is 0 Å². The Hall–Kier alpha value is -1.24. The Balaban J connectivity index is 2.78. The van der Waals surface area contributed by atoms with E-state index >= 15 is 0 Å². The summed E-state index contributed by atoms with van der Waals surface area (Å²) in [5, 5.41) is 1.44. The van der Waals surface area contributed by atoms with Gasteiger partial charge in [0.05, 0.1) is 0 Å². The van der Waals surface area contributed by atoms with Gasteiger partial charge in [0, 0.05) is 23.6 Å². The molecule has 0 N–H and O–H groups in total. The minimum atomic E-state index is 0.654. The van der Waals surface area contributed by atoms with Crippen LogP contribution in [0.15, 0.2) is 24.3 Å². The maximum Gasteiger partial charge on any atom is 0.0482 e. The molecular formula is C15H21N. The molecule has 1 atom stereocenters. The Morgan fingerprint density at radius 1 is 1.19 bits per heavy atom. The van der Waals surface area contributed by atoms with Gasteiger partial charge in [0.15, 0.2) is 0 Å². The van der Waals surface area contributed by atoms with E-state index < -0.39 is 0 Å². The molecule has 0 bridgehead atoms. The van der Waals surface area contributed by atoms with Crippen molar-refractivity contribution in [2.45, 2.75) is 39.5 Å². The Morgan fingerprint density at radius 3 is 2.50 bits per heavy atom. The minimum absolute atomic E-state index is 0.654. The smallest absolute Gasteiger partial charge is 0.0482 e. The molecule has 0 radical (unpaired) electrons. The van der Waals surface area contributed by atoms with Gasteiger partial charge in [-0.15, -0.1) is 0 Å². The molecule has 2 aromatic rings. The molecule has 1 nitrogen and oxygen atoms in total. The van der Waals surface area contributed by atoms with Crippen LogP contribution in [0.2, 0.25) is 0 Å². The number of benzene rings is 1. The molecule has 0 aliphatic rings. The van der Waals surface area contributed by atoms with E-state index in [1.165, 1.54) is 23.0 Å². The van der Waals surface area contributed by atoms with Crippen molar-refractivity contribution in [1.82, 2.24) is 4.57 Å². The zero-order chi connectivity index (χ0) is 11.7. The summed E-state index contributed by atoms with van der Waals surface area (Å²) in [5.41, 5.74) is 4.42. The summed E-state index contributed by atoms with van der Waals surface area (Å²) in [5.74, 6) is 0.654. The SMILES string of the molecule is CCc1c(C(C)CC)c2ccccc2n1C. The van der Waals surface area contributed by atoms with Crippen molar-refractivity contribution in [3.05, 3.63) is 35.5 Å². The molecule has 1 aromatic carbocycles. The van der Waals surface area contributed by atoms with Crippen LogP contribution in [0, 0.1) is 0 Å². The molecule has 0 aliphatic heterocycles. The number of aromatic nitrogens is 1. The fourth-order valence-electron chi connectivity index (χ4n) is 2.66. The van der Waals surface area contributed by atoms with Crippen molar-refractivity contribution in [3.8, 4) is 0 Å². The highest BCUT2D eigenvalue weighted by atomic mass is 14.9. The molecule has 0 aliphatic carbocycles. The number of rotatable bonds is 3. The quantitative estimate of drug-likeness (QED) is 0.721. The Bertz CT molecular complexity index is 493. The molecule has 0 amide bonds. The van der Waals surface area contributed by atoms with Gasteiger partial charge >= 0.3 is 0 Å². The van der Waals surface area contributed by atoms with Crippen molar-refractivity contribution in [2.24, 2.45) is 7.05 Å². The van der Waals surface area contributed by atoms with Gasteiger partial charge in [-0.05, 0) is 30.4 Å². The summed E-state index contributed by atoms with van der Waals surface area (Å²) < 4.78 is 2.36. The van der Waals surface area contributed by atoms with Crippen LogP contribution >= 0.6 is 0 Å². The minimum Gasteiger partial charge on any atom is -0.347 e. The van der Waals surface area contributed by atoms with Crippen molar-refractivity contribution in [3.63, 3.8) is 0 Å². The predicted molar refractivity (Wildman–Crippen MR) is 71.0 cm³/mol. The highest BCUT2D eigenvalue weighted by Gasteiger charge is 2.16. The lowest BCUT2D eigenvalue weighted by atomic mass is 9.94. The van der Waals surface area contributed by atoms with Gasteiger partial charge < -0.3 is 4.57 Å². The first kappa shape index (κ1) is 11.3. The lowest BCUT2D eigenvalue weighted by Gasteiger charge is -2.11. The van der Waals surface area contributed by atoms with Gasteiger partial charge in [-0.25, -0.2) is 0 Å². The van der Waals surface area contributed by atoms with E-state index in [4.69, 9.17) is 0 Å². The summed E-state index contributed by atoms with van der Waals surface area (Å²) in [6, 6.07) is 8.76. The highest BCUT2D eigenvalue weighted by Crippen LogP contribution is 2.33. The fraction of sp³-hybridized carbons (Fsp3) is 0.467. The molecule has 2 rings (SSSR count). The number of hydrogen-bond donors (Lipinski definition) is 0. The molecule has 86 valence electrons. The van der Waals surface area contributed by atoms with E-state index in [-0.39, 0.29) is 0 Å². The molecule has 16 heavy (non-hydrogen) atoms. The molecule has 1 heterocycles. The van der Waals surface area contributed by atoms with Crippen LogP contribution in [0.3, 0.4) is 0 Å². The number of nitrogens with zero attached hydrogens (tertiary/aromatic N) is 1. The van der Waals surface area contributed by atoms with Gasteiger partial charge in [-0.3, -0.25) is 0 Å². The maximum absolute atomic E-state index is 2.36. The van der Waals surface area contributed by atoms with E-state index in [2.05, 4.69) is 56.7 Å². The standard InChI is InChI=1S/C15H21N/c1-5-11(3)15-12-9-7-8-10-14(12)16(4)13(15)6-2/h7-11H,5-6H2,1-4H3. The van der Waals surface area contributed by atoms with E-state index in [1.807, 2.05) is 0 Å². The maximum atomic E-state index is 2.36. The number of hydrogen-bond acceptors (Lipinski definition) is 0. The van der Waals surface area contributed by atoms with Crippen LogP contribution in [0.5, 0.6) is 0 Å². The van der Waals surface area contributed by atoms with Crippen LogP contribution in [0.1, 0.15) is 44.4 Å². The molecular weight excluding hydrogens is 194 g/mol. The monoisotopic (exact) mass is 215 g/mol. The van der Waals surface area contributed by atoms with Gasteiger partial charge in [0.25, 0.3) is 0 Å². The summed E-state index contributed by atoms with van der Waals surface area (Å²) in [6.07, 6.45) is 2.33. The average molecular weight is 215 g/mol. The van der Waals surface area contributed by atoms with Crippen molar-refractivity contribution < 1.29 is 0 Å².